The summed E-state index contributed by atoms with van der Waals surface area (Å²) in [5.41, 5.74) is 8.50. The number of carbonyl (C=O) groups excluding carboxylic acids is 1. The van der Waals surface area contributed by atoms with E-state index in [1.165, 1.54) is 0 Å². The number of carbonyl (C=O) groups is 1. The molecule has 0 radical (unpaired) electrons. The molecule has 9 heteroatoms. The van der Waals surface area contributed by atoms with Crippen molar-refractivity contribution in [1.82, 2.24) is 0 Å². The third kappa shape index (κ3) is 1720. The van der Waals surface area contributed by atoms with E-state index in [-0.39, 0.29) is 29.6 Å². The van der Waals surface area contributed by atoms with Gasteiger partial charge in [-0.1, -0.05) is 0 Å². The van der Waals surface area contributed by atoms with Crippen molar-refractivity contribution >= 4 is 56.4 Å². The van der Waals surface area contributed by atoms with Crippen molar-refractivity contribution in [2.24, 2.45) is 11.5 Å². The van der Waals surface area contributed by atoms with E-state index in [9.17, 15) is 0 Å². The van der Waals surface area contributed by atoms with Gasteiger partial charge >= 0.3 is 44.7 Å². The van der Waals surface area contributed by atoms with Crippen LogP contribution in [0.3, 0.4) is 0 Å². The fourth-order valence-corrected chi connectivity index (χ4v) is 0. The van der Waals surface area contributed by atoms with Crippen molar-refractivity contribution in [3.8, 4) is 0 Å². The van der Waals surface area contributed by atoms with Crippen molar-refractivity contribution in [2.45, 2.75) is 0 Å². The fourth-order valence-electron chi connectivity index (χ4n) is 0. The van der Waals surface area contributed by atoms with Crippen molar-refractivity contribution < 1.29 is 17.8 Å². The standard InChI is InChI=1S/CH4N2O.Na.H2O3S2.H/c2-1(3)4;;1-5(2,3)4;/h(H4,2,3,4);;(H2,1,2,3,4);. The Morgan fingerprint density at radius 3 is 1.40 bits per heavy atom. The minimum absolute atomic E-state index is 0. The number of thiol groups is 1. The molecule has 0 spiro atoms. The average molecular weight is 198 g/mol. The quantitative estimate of drug-likeness (QED) is 0.157. The van der Waals surface area contributed by atoms with Crippen molar-refractivity contribution in [3.05, 3.63) is 0 Å². The van der Waals surface area contributed by atoms with E-state index in [0.29, 0.717) is 0 Å². The Morgan fingerprint density at radius 1 is 1.40 bits per heavy atom. The molecule has 6 nitrogen and oxygen atoms in total. The van der Waals surface area contributed by atoms with Crippen LogP contribution in [0.5, 0.6) is 0 Å². The molecular weight excluding hydrogens is 191 g/mol. The second-order valence-corrected chi connectivity index (χ2v) is 3.13. The van der Waals surface area contributed by atoms with E-state index in [1.54, 1.807) is 0 Å². The summed E-state index contributed by atoms with van der Waals surface area (Å²) >= 11 is 2.65. The Labute approximate surface area is 85.2 Å². The molecule has 10 heavy (non-hydrogen) atoms. The van der Waals surface area contributed by atoms with Gasteiger partial charge in [-0.25, -0.2) is 4.79 Å². The summed E-state index contributed by atoms with van der Waals surface area (Å²) in [4.78, 5) is 9.00. The van der Waals surface area contributed by atoms with Crippen LogP contribution >= 0.6 is 11.7 Å². The third-order valence-corrected chi connectivity index (χ3v) is 0. The predicted molar refractivity (Wildman–Crippen MR) is 41.5 cm³/mol. The van der Waals surface area contributed by atoms with Gasteiger partial charge < -0.3 is 11.5 Å². The van der Waals surface area contributed by atoms with Gasteiger partial charge in [-0.2, -0.15) is 8.42 Å². The predicted octanol–water partition coefficient (Wildman–Crippen LogP) is -1.91. The number of nitrogens with two attached hydrogens (primary N) is 2. The second kappa shape index (κ2) is 7.63. The van der Waals surface area contributed by atoms with Crippen LogP contribution in [0, 0.1) is 0 Å². The summed E-state index contributed by atoms with van der Waals surface area (Å²) in [7, 11) is -3.97. The molecule has 0 aromatic heterocycles. The summed E-state index contributed by atoms with van der Waals surface area (Å²) < 4.78 is 25.5. The van der Waals surface area contributed by atoms with Gasteiger partial charge in [0.25, 0.3) is 0 Å². The molecule has 5 N–H and O–H groups in total. The zero-order valence-corrected chi connectivity index (χ0v) is 5.89. The van der Waals surface area contributed by atoms with Crippen LogP contribution in [-0.2, 0) is 9.15 Å². The zero-order chi connectivity index (χ0) is 8.08. The van der Waals surface area contributed by atoms with Gasteiger partial charge in [-0.15, -0.1) is 0 Å². The summed E-state index contributed by atoms with van der Waals surface area (Å²) in [6, 6.07) is -0.833. The first-order valence-corrected chi connectivity index (χ1v) is 3.97. The monoisotopic (exact) mass is 198 g/mol. The summed E-state index contributed by atoms with van der Waals surface area (Å²) in [5, 5.41) is 0. The van der Waals surface area contributed by atoms with Crippen molar-refractivity contribution in [1.29, 1.82) is 0 Å². The molecule has 0 bridgehead atoms. The van der Waals surface area contributed by atoms with Crippen LogP contribution in [-0.4, -0.2) is 48.6 Å². The molecule has 0 aromatic carbocycles. The molecule has 0 heterocycles. The van der Waals surface area contributed by atoms with E-state index >= 15 is 0 Å². The topological polar surface area (TPSA) is 123 Å². The molecule has 58 valence electrons. The van der Waals surface area contributed by atoms with E-state index in [1.807, 2.05) is 0 Å². The minimum atomic E-state index is -3.97. The number of hydrogen-bond acceptors (Lipinski definition) is 3. The number of urea groups is 1. The summed E-state index contributed by atoms with van der Waals surface area (Å²) in [6.07, 6.45) is 0. The molecule has 0 saturated heterocycles. The van der Waals surface area contributed by atoms with Gasteiger partial charge in [0.2, 0.25) is 0 Å². The molecule has 0 rings (SSSR count). The Morgan fingerprint density at radius 2 is 1.40 bits per heavy atom. The molecule has 0 saturated carbocycles. The first-order chi connectivity index (χ1) is 3.73. The van der Waals surface area contributed by atoms with Gasteiger partial charge in [0.05, 0.1) is 0 Å². The van der Waals surface area contributed by atoms with E-state index < -0.39 is 15.2 Å². The molecule has 0 aliphatic carbocycles. The molecule has 0 atom stereocenters. The number of amides is 2. The van der Waals surface area contributed by atoms with Gasteiger partial charge in [-0.3, -0.25) is 4.55 Å². The van der Waals surface area contributed by atoms with E-state index in [2.05, 4.69) is 23.1 Å². The summed E-state index contributed by atoms with van der Waals surface area (Å²) in [5.74, 6) is 0. The van der Waals surface area contributed by atoms with Crippen LogP contribution in [0.1, 0.15) is 0 Å². The first kappa shape index (κ1) is 16.9. The normalized spacial score (nSPS) is 8.20. The van der Waals surface area contributed by atoms with Crippen LogP contribution in [0.2, 0.25) is 0 Å². The van der Waals surface area contributed by atoms with Gasteiger partial charge in [0, 0.05) is 0 Å². The van der Waals surface area contributed by atoms with Crippen LogP contribution in [0.15, 0.2) is 0 Å². The second-order valence-electron chi connectivity index (χ2n) is 0.850. The molecule has 0 aliphatic heterocycles. The molecule has 0 fully saturated rings. The molecule has 0 unspecified atom stereocenters. The number of hydrogen-bond donors (Lipinski definition) is 4. The Bertz CT molecular complexity index is 164. The van der Waals surface area contributed by atoms with Crippen LogP contribution < -0.4 is 11.5 Å². The van der Waals surface area contributed by atoms with Gasteiger partial charge in [0.15, 0.2) is 0 Å². The van der Waals surface area contributed by atoms with Crippen molar-refractivity contribution in [2.75, 3.05) is 0 Å². The van der Waals surface area contributed by atoms with Gasteiger partial charge in [0.1, 0.15) is 0 Å². The van der Waals surface area contributed by atoms with Crippen LogP contribution in [0.25, 0.3) is 0 Å². The Hall–Kier alpha value is 0.530. The zero-order valence-electron chi connectivity index (χ0n) is 4.18. The maximum absolute atomic E-state index is 9.05. The average Bonchev–Trinajstić information content (AvgIpc) is 1.19. The van der Waals surface area contributed by atoms with E-state index in [0.717, 1.165) is 0 Å². The first-order valence-electron chi connectivity index (χ1n) is 1.48. The Balaban J connectivity index is -0.0000000910. The third-order valence-electron chi connectivity index (χ3n) is 0. The van der Waals surface area contributed by atoms with Crippen molar-refractivity contribution in [3.63, 3.8) is 0 Å². The molecule has 0 aromatic rings. The van der Waals surface area contributed by atoms with Gasteiger partial charge in [-0.05, 0) is 11.7 Å². The number of rotatable bonds is 0. The molecular formula is CH7N2NaO4S2. The Kier molecular flexibility index (Phi) is 12.9. The molecule has 2 amide bonds. The van der Waals surface area contributed by atoms with Crippen LogP contribution in [0.4, 0.5) is 4.79 Å². The maximum atomic E-state index is 9.05. The fraction of sp³-hybridized carbons (Fsp3) is 0. The molecule has 0 aliphatic rings. The number of primary amides is 2. The summed E-state index contributed by atoms with van der Waals surface area (Å²) in [6.45, 7) is 0. The SMILES string of the molecule is NC(N)=O.O=S(=O)(O)S.[NaH]. The van der Waals surface area contributed by atoms with E-state index in [4.69, 9.17) is 17.8 Å².